The first-order chi connectivity index (χ1) is 8.92. The zero-order valence-electron chi connectivity index (χ0n) is 12.6. The van der Waals surface area contributed by atoms with E-state index in [1.165, 1.54) is 19.5 Å². The summed E-state index contributed by atoms with van der Waals surface area (Å²) in [5, 5.41) is 0. The van der Waals surface area contributed by atoms with Gasteiger partial charge in [0.15, 0.2) is 0 Å². The molecule has 5 heteroatoms. The summed E-state index contributed by atoms with van der Waals surface area (Å²) < 4.78 is 25.4. The lowest BCUT2D eigenvalue weighted by Crippen LogP contribution is -3.18. The Hall–Kier alpha value is -0.130. The van der Waals surface area contributed by atoms with Gasteiger partial charge in [-0.3, -0.25) is 0 Å². The number of hydrogen-bond acceptors (Lipinski definition) is 2. The maximum Gasteiger partial charge on any atom is 0.213 e. The molecular formula is C14H29N2O2S+. The maximum absolute atomic E-state index is 11.9. The lowest BCUT2D eigenvalue weighted by atomic mass is 9.89. The Kier molecular flexibility index (Phi) is 4.90. The normalized spacial score (nSPS) is 35.4. The minimum absolute atomic E-state index is 0.238. The number of sulfonamides is 1. The molecule has 2 saturated heterocycles. The van der Waals surface area contributed by atoms with E-state index >= 15 is 0 Å². The highest BCUT2D eigenvalue weighted by Gasteiger charge is 2.35. The lowest BCUT2D eigenvalue weighted by molar-refractivity contribution is -0.938. The molecular weight excluding hydrogens is 260 g/mol. The molecule has 19 heavy (non-hydrogen) atoms. The van der Waals surface area contributed by atoms with Crippen molar-refractivity contribution in [3.63, 3.8) is 0 Å². The zero-order valence-corrected chi connectivity index (χ0v) is 13.4. The van der Waals surface area contributed by atoms with Gasteiger partial charge in [-0.25, -0.2) is 12.7 Å². The predicted molar refractivity (Wildman–Crippen MR) is 77.7 cm³/mol. The molecule has 2 fully saturated rings. The molecule has 2 heterocycles. The lowest BCUT2D eigenvalue weighted by Gasteiger charge is -2.40. The highest BCUT2D eigenvalue weighted by atomic mass is 32.2. The molecule has 0 saturated carbocycles. The Balaban J connectivity index is 1.89. The molecule has 0 aliphatic carbocycles. The van der Waals surface area contributed by atoms with Crippen molar-refractivity contribution in [3.8, 4) is 0 Å². The van der Waals surface area contributed by atoms with Crippen molar-refractivity contribution < 1.29 is 13.3 Å². The zero-order chi connectivity index (χ0) is 14.0. The monoisotopic (exact) mass is 289 g/mol. The standard InChI is InChI=1S/C14H28N2O2S/c1-4-19(17,18)16-7-5-14(6-8-16)15-10-12(2)9-13(3)11-15/h12-14H,4-11H2,1-3H3/p+1. The topological polar surface area (TPSA) is 41.8 Å². The average molecular weight is 289 g/mol. The molecule has 0 aromatic rings. The van der Waals surface area contributed by atoms with Crippen LogP contribution in [0.3, 0.4) is 0 Å². The van der Waals surface area contributed by atoms with Gasteiger partial charge in [-0.2, -0.15) is 0 Å². The Morgan fingerprint density at radius 3 is 2.11 bits per heavy atom. The van der Waals surface area contributed by atoms with E-state index < -0.39 is 10.0 Å². The van der Waals surface area contributed by atoms with Crippen LogP contribution >= 0.6 is 0 Å². The summed E-state index contributed by atoms with van der Waals surface area (Å²) in [6.45, 7) is 10.4. The van der Waals surface area contributed by atoms with Crippen molar-refractivity contribution >= 4 is 10.0 Å². The van der Waals surface area contributed by atoms with Gasteiger partial charge in [-0.1, -0.05) is 13.8 Å². The first kappa shape index (κ1) is 15.3. The molecule has 0 spiro atoms. The van der Waals surface area contributed by atoms with Crippen LogP contribution < -0.4 is 4.90 Å². The third-order valence-corrected chi connectivity index (χ3v) is 6.70. The second kappa shape index (κ2) is 6.10. The van der Waals surface area contributed by atoms with Gasteiger partial charge in [0.1, 0.15) is 0 Å². The van der Waals surface area contributed by atoms with Crippen molar-refractivity contribution in [2.45, 2.75) is 46.1 Å². The van der Waals surface area contributed by atoms with Gasteiger partial charge >= 0.3 is 0 Å². The van der Waals surface area contributed by atoms with Crippen LogP contribution in [-0.4, -0.2) is 50.7 Å². The Bertz CT molecular complexity index is 378. The van der Waals surface area contributed by atoms with E-state index in [0.717, 1.165) is 37.8 Å². The molecule has 2 aliphatic heterocycles. The summed E-state index contributed by atoms with van der Waals surface area (Å²) in [5.41, 5.74) is 0. The van der Waals surface area contributed by atoms with Crippen molar-refractivity contribution in [1.82, 2.24) is 4.31 Å². The Morgan fingerprint density at radius 1 is 1.11 bits per heavy atom. The molecule has 112 valence electrons. The fourth-order valence-corrected chi connectivity index (χ4v) is 5.02. The second-order valence-corrected chi connectivity index (χ2v) is 8.84. The first-order valence-corrected chi connectivity index (χ1v) is 9.35. The fraction of sp³-hybridized carbons (Fsp3) is 1.00. The molecule has 2 atom stereocenters. The molecule has 1 N–H and O–H groups in total. The number of hydrogen-bond donors (Lipinski definition) is 1. The van der Waals surface area contributed by atoms with E-state index in [1.54, 1.807) is 16.1 Å². The van der Waals surface area contributed by atoms with Crippen molar-refractivity contribution in [1.29, 1.82) is 0 Å². The van der Waals surface area contributed by atoms with E-state index in [4.69, 9.17) is 0 Å². The van der Waals surface area contributed by atoms with Crippen LogP contribution in [0.2, 0.25) is 0 Å². The third-order valence-electron chi connectivity index (χ3n) is 4.82. The summed E-state index contributed by atoms with van der Waals surface area (Å²) in [6.07, 6.45) is 3.43. The number of quaternary nitrogens is 1. The number of nitrogens with zero attached hydrogens (tertiary/aromatic N) is 1. The van der Waals surface area contributed by atoms with Crippen LogP contribution in [0.15, 0.2) is 0 Å². The largest absolute Gasteiger partial charge is 0.332 e. The summed E-state index contributed by atoms with van der Waals surface area (Å²) >= 11 is 0. The molecule has 2 unspecified atom stereocenters. The molecule has 2 aliphatic rings. The summed E-state index contributed by atoms with van der Waals surface area (Å²) in [4.78, 5) is 1.72. The van der Waals surface area contributed by atoms with Crippen LogP contribution in [0, 0.1) is 11.8 Å². The SMILES string of the molecule is CCS(=O)(=O)N1CCC([NH+]2CC(C)CC(C)C2)CC1. The predicted octanol–water partition coefficient (Wildman–Crippen LogP) is 0.361. The number of nitrogens with one attached hydrogen (secondary N) is 1. The van der Waals surface area contributed by atoms with Gasteiger partial charge in [-0.05, 0) is 13.3 Å². The minimum atomic E-state index is -2.97. The fourth-order valence-electron chi connectivity index (χ4n) is 3.89. The molecule has 0 aromatic heterocycles. The van der Waals surface area contributed by atoms with Crippen LogP contribution in [0.5, 0.6) is 0 Å². The maximum atomic E-state index is 11.9. The highest BCUT2D eigenvalue weighted by molar-refractivity contribution is 7.89. The number of piperidine rings is 2. The van der Waals surface area contributed by atoms with Crippen molar-refractivity contribution in [3.05, 3.63) is 0 Å². The van der Waals surface area contributed by atoms with Crippen LogP contribution in [-0.2, 0) is 10.0 Å². The van der Waals surface area contributed by atoms with E-state index in [-0.39, 0.29) is 5.75 Å². The smallest absolute Gasteiger partial charge is 0.213 e. The Morgan fingerprint density at radius 2 is 1.63 bits per heavy atom. The molecule has 0 bridgehead atoms. The van der Waals surface area contributed by atoms with Crippen molar-refractivity contribution in [2.24, 2.45) is 11.8 Å². The van der Waals surface area contributed by atoms with Gasteiger partial charge < -0.3 is 4.90 Å². The Labute approximate surface area is 118 Å². The van der Waals surface area contributed by atoms with E-state index in [9.17, 15) is 8.42 Å². The van der Waals surface area contributed by atoms with E-state index in [1.807, 2.05) is 0 Å². The highest BCUT2D eigenvalue weighted by Crippen LogP contribution is 2.16. The summed E-state index contributed by atoms with van der Waals surface area (Å²) in [6, 6.07) is 0.675. The molecule has 0 radical (unpaired) electrons. The second-order valence-electron chi connectivity index (χ2n) is 6.59. The van der Waals surface area contributed by atoms with Crippen molar-refractivity contribution in [2.75, 3.05) is 31.9 Å². The molecule has 2 rings (SSSR count). The first-order valence-electron chi connectivity index (χ1n) is 7.74. The van der Waals surface area contributed by atoms with Gasteiger partial charge in [0, 0.05) is 37.8 Å². The molecule has 4 nitrogen and oxygen atoms in total. The average Bonchev–Trinajstić information content (AvgIpc) is 2.38. The molecule has 0 amide bonds. The third kappa shape index (κ3) is 3.70. The minimum Gasteiger partial charge on any atom is -0.332 e. The van der Waals surface area contributed by atoms with Crippen LogP contribution in [0.1, 0.15) is 40.0 Å². The molecule has 0 aromatic carbocycles. The van der Waals surface area contributed by atoms with E-state index in [2.05, 4.69) is 13.8 Å². The summed E-state index contributed by atoms with van der Waals surface area (Å²) in [7, 11) is -2.97. The van der Waals surface area contributed by atoms with Gasteiger partial charge in [0.2, 0.25) is 10.0 Å². The van der Waals surface area contributed by atoms with Crippen LogP contribution in [0.25, 0.3) is 0 Å². The summed E-state index contributed by atoms with van der Waals surface area (Å²) in [5.74, 6) is 1.87. The quantitative estimate of drug-likeness (QED) is 0.815. The number of likely N-dealkylation sites (tertiary alicyclic amines) is 1. The van der Waals surface area contributed by atoms with E-state index in [0.29, 0.717) is 6.04 Å². The number of rotatable bonds is 3. The van der Waals surface area contributed by atoms with Gasteiger partial charge in [-0.15, -0.1) is 0 Å². The van der Waals surface area contributed by atoms with Gasteiger partial charge in [0.25, 0.3) is 0 Å². The van der Waals surface area contributed by atoms with Crippen LogP contribution in [0.4, 0.5) is 0 Å². The van der Waals surface area contributed by atoms with Gasteiger partial charge in [0.05, 0.1) is 24.9 Å².